The second kappa shape index (κ2) is 5.18. The van der Waals surface area contributed by atoms with Crippen molar-refractivity contribution in [2.45, 2.75) is 6.92 Å². The largest absolute Gasteiger partial charge is 0.478 e. The van der Waals surface area contributed by atoms with Gasteiger partial charge in [0.25, 0.3) is 0 Å². The van der Waals surface area contributed by atoms with E-state index in [0.717, 1.165) is 11.1 Å². The molecular formula is C18H12O3. The van der Waals surface area contributed by atoms with Gasteiger partial charge in [-0.05, 0) is 37.3 Å². The highest BCUT2D eigenvalue weighted by molar-refractivity contribution is 6.03. The van der Waals surface area contributed by atoms with E-state index < -0.39 is 5.97 Å². The number of carbonyl (C=O) groups is 1. The van der Waals surface area contributed by atoms with Crippen LogP contribution in [0.15, 0.2) is 52.9 Å². The van der Waals surface area contributed by atoms with Crippen molar-refractivity contribution in [2.75, 3.05) is 0 Å². The third kappa shape index (κ3) is 2.52. The van der Waals surface area contributed by atoms with Gasteiger partial charge in [-0.3, -0.25) is 0 Å². The first-order chi connectivity index (χ1) is 10.1. The molecule has 2 aromatic carbocycles. The van der Waals surface area contributed by atoms with Crippen molar-refractivity contribution in [3.05, 3.63) is 71.0 Å². The normalized spacial score (nSPS) is 10.1. The number of fused-ring (bicyclic) bond motifs is 1. The molecule has 0 unspecified atom stereocenters. The molecule has 0 fully saturated rings. The molecule has 0 amide bonds. The maximum absolute atomic E-state index is 11.3. The van der Waals surface area contributed by atoms with Crippen LogP contribution in [-0.2, 0) is 0 Å². The Morgan fingerprint density at radius 3 is 2.48 bits per heavy atom. The summed E-state index contributed by atoms with van der Waals surface area (Å²) in [7, 11) is 0. The minimum atomic E-state index is -0.987. The van der Waals surface area contributed by atoms with Crippen molar-refractivity contribution in [3.8, 4) is 11.8 Å². The molecule has 0 aliphatic carbocycles. The number of hydrogen-bond donors (Lipinski definition) is 1. The van der Waals surface area contributed by atoms with Crippen LogP contribution in [0.4, 0.5) is 0 Å². The van der Waals surface area contributed by atoms with Gasteiger partial charge in [-0.15, -0.1) is 0 Å². The van der Waals surface area contributed by atoms with E-state index in [9.17, 15) is 9.90 Å². The minimum Gasteiger partial charge on any atom is -0.478 e. The lowest BCUT2D eigenvalue weighted by Gasteiger charge is -1.93. The molecule has 1 heterocycles. The summed E-state index contributed by atoms with van der Waals surface area (Å²) in [4.78, 5) is 11.3. The van der Waals surface area contributed by atoms with Crippen LogP contribution >= 0.6 is 0 Å². The summed E-state index contributed by atoms with van der Waals surface area (Å²) in [5.74, 6) is 5.52. The first-order valence-corrected chi connectivity index (χ1v) is 6.48. The zero-order valence-corrected chi connectivity index (χ0v) is 11.4. The van der Waals surface area contributed by atoms with Crippen molar-refractivity contribution in [3.63, 3.8) is 0 Å². The zero-order chi connectivity index (χ0) is 14.8. The molecule has 0 aliphatic rings. The Hall–Kier alpha value is -2.99. The van der Waals surface area contributed by atoms with Crippen LogP contribution in [0.3, 0.4) is 0 Å². The van der Waals surface area contributed by atoms with Crippen LogP contribution in [0, 0.1) is 18.8 Å². The molecule has 3 aromatic rings. The number of hydrogen-bond acceptors (Lipinski definition) is 2. The van der Waals surface area contributed by atoms with Crippen molar-refractivity contribution in [1.82, 2.24) is 0 Å². The first-order valence-electron chi connectivity index (χ1n) is 6.48. The smallest absolute Gasteiger partial charge is 0.339 e. The Labute approximate surface area is 121 Å². The molecule has 1 N–H and O–H groups in total. The van der Waals surface area contributed by atoms with Crippen LogP contribution in [0.1, 0.15) is 27.2 Å². The summed E-state index contributed by atoms with van der Waals surface area (Å²) in [6, 6.07) is 15.0. The molecule has 3 nitrogen and oxygen atoms in total. The van der Waals surface area contributed by atoms with Gasteiger partial charge in [0.15, 0.2) is 0 Å². The summed E-state index contributed by atoms with van der Waals surface area (Å²) in [6.45, 7) is 1.65. The predicted octanol–water partition coefficient (Wildman–Crippen LogP) is 3.84. The lowest BCUT2D eigenvalue weighted by atomic mass is 10.1. The molecule has 3 rings (SSSR count). The fourth-order valence-corrected chi connectivity index (χ4v) is 2.23. The van der Waals surface area contributed by atoms with Crippen molar-refractivity contribution in [1.29, 1.82) is 0 Å². The minimum absolute atomic E-state index is 0.202. The monoisotopic (exact) mass is 276 g/mol. The molecule has 0 bridgehead atoms. The second-order valence-electron chi connectivity index (χ2n) is 4.67. The third-order valence-electron chi connectivity index (χ3n) is 3.20. The Bertz CT molecular complexity index is 877. The van der Waals surface area contributed by atoms with Crippen LogP contribution in [0.2, 0.25) is 0 Å². The van der Waals surface area contributed by atoms with E-state index in [1.807, 2.05) is 36.4 Å². The molecule has 1 aromatic heterocycles. The standard InChI is InChI=1S/C18H12O3/c1-12-17(18(19)20)15-11-14(9-10-16(15)21-12)8-7-13-5-3-2-4-6-13/h2-6,9-11H,1H3,(H,19,20). The first kappa shape index (κ1) is 13.0. The van der Waals surface area contributed by atoms with Crippen molar-refractivity contribution in [2.24, 2.45) is 0 Å². The van der Waals surface area contributed by atoms with Crippen LogP contribution in [-0.4, -0.2) is 11.1 Å². The van der Waals surface area contributed by atoms with Gasteiger partial charge >= 0.3 is 5.97 Å². The van der Waals surface area contributed by atoms with Gasteiger partial charge in [-0.2, -0.15) is 0 Å². The van der Waals surface area contributed by atoms with Crippen molar-refractivity contribution >= 4 is 16.9 Å². The predicted molar refractivity (Wildman–Crippen MR) is 80.3 cm³/mol. The SMILES string of the molecule is Cc1oc2ccc(C#Cc3ccccc3)cc2c1C(=O)O. The third-order valence-corrected chi connectivity index (χ3v) is 3.20. The van der Waals surface area contributed by atoms with Gasteiger partial charge in [0.1, 0.15) is 16.9 Å². The van der Waals surface area contributed by atoms with Gasteiger partial charge in [0.2, 0.25) is 0 Å². The molecule has 3 heteroatoms. The fourth-order valence-electron chi connectivity index (χ4n) is 2.23. The average molecular weight is 276 g/mol. The van der Waals surface area contributed by atoms with E-state index in [4.69, 9.17) is 4.42 Å². The Morgan fingerprint density at radius 1 is 1.05 bits per heavy atom. The molecular weight excluding hydrogens is 264 g/mol. The van der Waals surface area contributed by atoms with Gasteiger partial charge in [-0.1, -0.05) is 30.0 Å². The topological polar surface area (TPSA) is 50.4 Å². The molecule has 0 aliphatic heterocycles. The van der Waals surface area contributed by atoms with Crippen LogP contribution in [0.25, 0.3) is 11.0 Å². The number of carboxylic acid groups (broad SMARTS) is 1. The molecule has 0 saturated carbocycles. The zero-order valence-electron chi connectivity index (χ0n) is 11.4. The maximum atomic E-state index is 11.3. The number of rotatable bonds is 1. The average Bonchev–Trinajstić information content (AvgIpc) is 2.81. The molecule has 0 atom stereocenters. The fraction of sp³-hybridized carbons (Fsp3) is 0.0556. The number of aromatic carboxylic acids is 1. The lowest BCUT2D eigenvalue weighted by molar-refractivity contribution is 0.0697. The highest BCUT2D eigenvalue weighted by atomic mass is 16.4. The quantitative estimate of drug-likeness (QED) is 0.687. The number of furan rings is 1. The van der Waals surface area contributed by atoms with E-state index in [1.54, 1.807) is 19.1 Å². The van der Waals surface area contributed by atoms with E-state index in [1.165, 1.54) is 0 Å². The lowest BCUT2D eigenvalue weighted by Crippen LogP contribution is -1.96. The van der Waals surface area contributed by atoms with Crippen molar-refractivity contribution < 1.29 is 14.3 Å². The van der Waals surface area contributed by atoms with Gasteiger partial charge in [-0.25, -0.2) is 4.79 Å². The molecule has 0 spiro atoms. The van der Waals surface area contributed by atoms with E-state index in [-0.39, 0.29) is 5.56 Å². The van der Waals surface area contributed by atoms with Crippen LogP contribution in [0.5, 0.6) is 0 Å². The van der Waals surface area contributed by atoms with E-state index in [2.05, 4.69) is 11.8 Å². The molecule has 0 saturated heterocycles. The summed E-state index contributed by atoms with van der Waals surface area (Å²) >= 11 is 0. The highest BCUT2D eigenvalue weighted by Gasteiger charge is 2.17. The summed E-state index contributed by atoms with van der Waals surface area (Å²) < 4.78 is 5.45. The van der Waals surface area contributed by atoms with Gasteiger partial charge in [0, 0.05) is 16.5 Å². The Kier molecular flexibility index (Phi) is 3.21. The maximum Gasteiger partial charge on any atom is 0.339 e. The molecule has 102 valence electrons. The van der Waals surface area contributed by atoms with E-state index >= 15 is 0 Å². The summed E-state index contributed by atoms with van der Waals surface area (Å²) in [6.07, 6.45) is 0. The second-order valence-corrected chi connectivity index (χ2v) is 4.67. The number of benzene rings is 2. The molecule has 0 radical (unpaired) electrons. The molecule has 21 heavy (non-hydrogen) atoms. The summed E-state index contributed by atoms with van der Waals surface area (Å²) in [5, 5.41) is 9.84. The highest BCUT2D eigenvalue weighted by Crippen LogP contribution is 2.26. The van der Waals surface area contributed by atoms with Gasteiger partial charge < -0.3 is 9.52 Å². The Balaban J connectivity index is 2.07. The van der Waals surface area contributed by atoms with E-state index in [0.29, 0.717) is 16.7 Å². The summed E-state index contributed by atoms with van der Waals surface area (Å²) in [5.41, 5.74) is 2.44. The van der Waals surface area contributed by atoms with Crippen LogP contribution < -0.4 is 0 Å². The Morgan fingerprint density at radius 2 is 1.76 bits per heavy atom. The number of aryl methyl sites for hydroxylation is 1. The van der Waals surface area contributed by atoms with Gasteiger partial charge in [0.05, 0.1) is 0 Å². The number of carboxylic acids is 1.